The van der Waals surface area contributed by atoms with Crippen molar-refractivity contribution in [2.45, 2.75) is 69.7 Å². The minimum absolute atomic E-state index is 0.0108. The van der Waals surface area contributed by atoms with Crippen molar-refractivity contribution in [3.8, 4) is 17.2 Å². The number of hydrogen-bond acceptors (Lipinski definition) is 10. The zero-order valence-corrected chi connectivity index (χ0v) is 29.3. The third kappa shape index (κ3) is 7.07. The van der Waals surface area contributed by atoms with Gasteiger partial charge in [0.15, 0.2) is 15.8 Å². The minimum atomic E-state index is -0.986. The van der Waals surface area contributed by atoms with Gasteiger partial charge in [-0.05, 0) is 80.1 Å². The van der Waals surface area contributed by atoms with E-state index in [-0.39, 0.29) is 22.6 Å². The number of carbonyl (C=O) groups is 2. The molecule has 0 radical (unpaired) electrons. The molecule has 1 saturated heterocycles. The average Bonchev–Trinajstić information content (AvgIpc) is 3.75. The Bertz CT molecular complexity index is 1850. The van der Waals surface area contributed by atoms with Gasteiger partial charge in [-0.25, -0.2) is 0 Å². The van der Waals surface area contributed by atoms with Crippen LogP contribution in [0.15, 0.2) is 70.6 Å². The average molecular weight is 686 g/mol. The number of fused-ring (bicyclic) bond motifs is 1. The summed E-state index contributed by atoms with van der Waals surface area (Å²) in [7, 11) is 0. The molecule has 0 aliphatic carbocycles. The van der Waals surface area contributed by atoms with E-state index in [1.54, 1.807) is 30.3 Å². The predicted molar refractivity (Wildman–Crippen MR) is 188 cm³/mol. The molecule has 2 unspecified atom stereocenters. The molecule has 6 rings (SSSR count). The Labute approximate surface area is 288 Å². The van der Waals surface area contributed by atoms with Gasteiger partial charge in [-0.3, -0.25) is 14.5 Å². The van der Waals surface area contributed by atoms with Crippen molar-refractivity contribution in [1.29, 1.82) is 0 Å². The van der Waals surface area contributed by atoms with E-state index < -0.39 is 17.7 Å². The smallest absolute Gasteiger partial charge is 0.301 e. The molecule has 1 N–H and O–H groups in total. The van der Waals surface area contributed by atoms with Crippen molar-refractivity contribution in [1.82, 2.24) is 10.2 Å². The van der Waals surface area contributed by atoms with Crippen LogP contribution < -0.4 is 19.1 Å². The number of Topliss-reactive ketones (excluding diaryl/α,β-unsaturated/α-hetero) is 1. The number of ether oxygens (including phenoxy) is 3. The quantitative estimate of drug-likeness (QED) is 0.0523. The normalized spacial score (nSPS) is 18.3. The number of thioether (sulfide) groups is 1. The molecule has 0 spiro atoms. The second kappa shape index (κ2) is 14.4. The number of aliphatic hydroxyl groups excluding tert-OH is 1. The van der Waals surface area contributed by atoms with Crippen LogP contribution in [0.4, 0.5) is 5.13 Å². The second-order valence-electron chi connectivity index (χ2n) is 12.4. The minimum Gasteiger partial charge on any atom is -0.507 e. The fourth-order valence-corrected chi connectivity index (χ4v) is 7.57. The topological polar surface area (TPSA) is 111 Å². The van der Waals surface area contributed by atoms with Gasteiger partial charge in [0.2, 0.25) is 5.13 Å². The fraction of sp³-hybridized carbons (Fsp3) is 0.351. The summed E-state index contributed by atoms with van der Waals surface area (Å²) in [5, 5.41) is 20.8. The first-order valence-corrected chi connectivity index (χ1v) is 18.0. The van der Waals surface area contributed by atoms with E-state index in [1.165, 1.54) is 33.6 Å². The lowest BCUT2D eigenvalue weighted by atomic mass is 9.94. The molecule has 2 aliphatic rings. The number of aromatic nitrogens is 2. The number of nitrogens with zero attached hydrogens (tertiary/aromatic N) is 3. The van der Waals surface area contributed by atoms with E-state index in [0.29, 0.717) is 58.3 Å². The Balaban J connectivity index is 1.40. The molecular weight excluding hydrogens is 647 g/mol. The van der Waals surface area contributed by atoms with E-state index in [1.807, 2.05) is 26.8 Å². The Hall–Kier alpha value is -4.35. The Morgan fingerprint density at radius 3 is 2.60 bits per heavy atom. The van der Waals surface area contributed by atoms with Crippen LogP contribution in [0.25, 0.3) is 5.76 Å². The summed E-state index contributed by atoms with van der Waals surface area (Å²) in [4.78, 5) is 29.1. The predicted octanol–water partition coefficient (Wildman–Crippen LogP) is 7.91. The fourth-order valence-electron chi connectivity index (χ4n) is 5.74. The highest BCUT2D eigenvalue weighted by Gasteiger charge is 2.48. The monoisotopic (exact) mass is 685 g/mol. The van der Waals surface area contributed by atoms with Crippen molar-refractivity contribution < 1.29 is 28.9 Å². The molecule has 1 fully saturated rings. The SMILES string of the molecule is CCOc1cc(C2/C(=C(\O)c3ccc4c(c3)CC(C)O4)C(=O)C(=O)N2c2nnc(SCc3ccc(C)cc3)s2)ccc1OCCC(C)C. The van der Waals surface area contributed by atoms with Gasteiger partial charge in [0.05, 0.1) is 24.8 Å². The lowest BCUT2D eigenvalue weighted by molar-refractivity contribution is -0.132. The summed E-state index contributed by atoms with van der Waals surface area (Å²) in [6.45, 7) is 11.1. The van der Waals surface area contributed by atoms with Crippen LogP contribution in [0.5, 0.6) is 17.2 Å². The molecule has 1 aromatic heterocycles. The lowest BCUT2D eigenvalue weighted by Crippen LogP contribution is -2.29. The molecule has 48 heavy (non-hydrogen) atoms. The Morgan fingerprint density at radius 2 is 1.85 bits per heavy atom. The van der Waals surface area contributed by atoms with Crippen LogP contribution >= 0.6 is 23.1 Å². The summed E-state index contributed by atoms with van der Waals surface area (Å²) in [6, 6.07) is 18.0. The number of benzene rings is 3. The maximum Gasteiger partial charge on any atom is 0.301 e. The van der Waals surface area contributed by atoms with Gasteiger partial charge in [0.1, 0.15) is 17.6 Å². The van der Waals surface area contributed by atoms with Crippen LogP contribution in [-0.2, 0) is 21.8 Å². The third-order valence-electron chi connectivity index (χ3n) is 8.23. The number of carbonyl (C=O) groups excluding carboxylic acids is 2. The largest absolute Gasteiger partial charge is 0.507 e. The van der Waals surface area contributed by atoms with Gasteiger partial charge in [-0.1, -0.05) is 72.8 Å². The number of aryl methyl sites for hydroxylation is 1. The first-order chi connectivity index (χ1) is 23.1. The van der Waals surface area contributed by atoms with E-state index in [9.17, 15) is 14.7 Å². The first kappa shape index (κ1) is 33.5. The van der Waals surface area contributed by atoms with E-state index >= 15 is 0 Å². The van der Waals surface area contributed by atoms with Crippen LogP contribution in [-0.4, -0.2) is 46.3 Å². The van der Waals surface area contributed by atoms with Crippen molar-refractivity contribution >= 4 is 45.7 Å². The maximum atomic E-state index is 13.9. The molecule has 9 nitrogen and oxygen atoms in total. The Morgan fingerprint density at radius 1 is 1.06 bits per heavy atom. The van der Waals surface area contributed by atoms with E-state index in [2.05, 4.69) is 48.3 Å². The molecule has 4 aromatic rings. The standard InChI is InChI=1S/C37H39N3O6S2/c1-6-44-30-19-25(11-14-29(30)45-16-15-21(2)3)32-31(33(41)26-12-13-28-27(18-26)17-23(5)46-28)34(42)35(43)40(32)36-38-39-37(48-36)47-20-24-9-7-22(4)8-10-24/h7-14,18-19,21,23,32,41H,6,15-17,20H2,1-5H3/b33-31+. The van der Waals surface area contributed by atoms with Crippen molar-refractivity contribution in [2.24, 2.45) is 5.92 Å². The summed E-state index contributed by atoms with van der Waals surface area (Å²) in [6.07, 6.45) is 1.56. The Kier molecular flexibility index (Phi) is 10.1. The number of rotatable bonds is 12. The molecule has 2 atom stereocenters. The number of aliphatic hydroxyl groups is 1. The van der Waals surface area contributed by atoms with Gasteiger partial charge in [0.25, 0.3) is 5.78 Å². The summed E-state index contributed by atoms with van der Waals surface area (Å²) in [5.41, 5.74) is 4.21. The van der Waals surface area contributed by atoms with Gasteiger partial charge in [-0.2, -0.15) is 0 Å². The lowest BCUT2D eigenvalue weighted by Gasteiger charge is -2.24. The highest BCUT2D eigenvalue weighted by Crippen LogP contribution is 2.46. The van der Waals surface area contributed by atoms with Crippen molar-refractivity contribution in [2.75, 3.05) is 18.1 Å². The zero-order valence-electron chi connectivity index (χ0n) is 27.7. The number of hydrogen-bond donors (Lipinski definition) is 1. The summed E-state index contributed by atoms with van der Waals surface area (Å²) < 4.78 is 18.6. The van der Waals surface area contributed by atoms with Crippen LogP contribution in [0.2, 0.25) is 0 Å². The zero-order chi connectivity index (χ0) is 33.9. The van der Waals surface area contributed by atoms with Crippen LogP contribution in [0.1, 0.15) is 68.0 Å². The number of amides is 1. The number of anilines is 1. The number of ketones is 1. The van der Waals surface area contributed by atoms with Gasteiger partial charge in [0, 0.05) is 17.7 Å². The summed E-state index contributed by atoms with van der Waals surface area (Å²) in [5.74, 6) is 1.08. The molecule has 250 valence electrons. The van der Waals surface area contributed by atoms with Gasteiger partial charge >= 0.3 is 5.91 Å². The molecule has 0 saturated carbocycles. The maximum absolute atomic E-state index is 13.9. The molecule has 3 heterocycles. The molecule has 3 aromatic carbocycles. The van der Waals surface area contributed by atoms with Crippen LogP contribution in [0, 0.1) is 12.8 Å². The van der Waals surface area contributed by atoms with E-state index in [4.69, 9.17) is 14.2 Å². The third-order valence-corrected chi connectivity index (χ3v) is 10.4. The second-order valence-corrected chi connectivity index (χ2v) is 14.6. The highest BCUT2D eigenvalue weighted by molar-refractivity contribution is 8.00. The van der Waals surface area contributed by atoms with Crippen molar-refractivity contribution in [3.05, 3.63) is 94.1 Å². The molecule has 2 aliphatic heterocycles. The summed E-state index contributed by atoms with van der Waals surface area (Å²) >= 11 is 2.74. The van der Waals surface area contributed by atoms with Gasteiger partial charge < -0.3 is 19.3 Å². The molecule has 0 bridgehead atoms. The highest BCUT2D eigenvalue weighted by atomic mass is 32.2. The van der Waals surface area contributed by atoms with Crippen molar-refractivity contribution in [3.63, 3.8) is 0 Å². The van der Waals surface area contributed by atoms with Gasteiger partial charge in [-0.15, -0.1) is 10.2 Å². The van der Waals surface area contributed by atoms with E-state index in [0.717, 1.165) is 23.3 Å². The molecule has 1 amide bonds. The molecule has 11 heteroatoms. The first-order valence-electron chi connectivity index (χ1n) is 16.1. The molecular formula is C37H39N3O6S2. The van der Waals surface area contributed by atoms with Crippen LogP contribution in [0.3, 0.4) is 0 Å².